The fourth-order valence-corrected chi connectivity index (χ4v) is 1.79. The summed E-state index contributed by atoms with van der Waals surface area (Å²) in [6.45, 7) is 1.04. The number of rotatable bonds is 4. The van der Waals surface area contributed by atoms with Crippen molar-refractivity contribution in [2.75, 3.05) is 34.0 Å². The van der Waals surface area contributed by atoms with E-state index < -0.39 is 5.79 Å². The number of hydrogen-bond donors (Lipinski definition) is 1. The summed E-state index contributed by atoms with van der Waals surface area (Å²) < 4.78 is 10.6. The van der Waals surface area contributed by atoms with Crippen LogP contribution < -0.4 is 5.32 Å². The van der Waals surface area contributed by atoms with Crippen molar-refractivity contribution < 1.29 is 19.1 Å². The van der Waals surface area contributed by atoms with Crippen LogP contribution in [0.15, 0.2) is 4.99 Å². The monoisotopic (exact) mass is 243 g/mol. The van der Waals surface area contributed by atoms with Crippen LogP contribution in [0.4, 0.5) is 4.79 Å². The second kappa shape index (κ2) is 6.34. The van der Waals surface area contributed by atoms with Gasteiger partial charge in [0.15, 0.2) is 5.79 Å². The molecular formula is C10H17N3O4. The van der Waals surface area contributed by atoms with E-state index in [1.165, 1.54) is 6.08 Å². The average molecular weight is 243 g/mol. The van der Waals surface area contributed by atoms with Crippen molar-refractivity contribution in [3.8, 4) is 0 Å². The zero-order valence-electron chi connectivity index (χ0n) is 10.1. The van der Waals surface area contributed by atoms with Crippen LogP contribution in [0.2, 0.25) is 0 Å². The predicted molar refractivity (Wildman–Crippen MR) is 59.1 cm³/mol. The molecule has 1 N–H and O–H groups in total. The lowest BCUT2D eigenvalue weighted by atomic mass is 10.0. The molecule has 7 heteroatoms. The van der Waals surface area contributed by atoms with Crippen LogP contribution in [-0.4, -0.2) is 56.8 Å². The summed E-state index contributed by atoms with van der Waals surface area (Å²) in [5, 5.41) is 2.49. The number of piperidine rings is 1. The van der Waals surface area contributed by atoms with Crippen molar-refractivity contribution in [3.63, 3.8) is 0 Å². The summed E-state index contributed by atoms with van der Waals surface area (Å²) in [4.78, 5) is 26.3. The smallest absolute Gasteiger partial charge is 0.318 e. The van der Waals surface area contributed by atoms with Gasteiger partial charge >= 0.3 is 6.03 Å². The summed E-state index contributed by atoms with van der Waals surface area (Å²) in [6, 6.07) is -0.246. The first kappa shape index (κ1) is 13.6. The molecule has 17 heavy (non-hydrogen) atoms. The second-order valence-corrected chi connectivity index (χ2v) is 3.70. The molecule has 0 spiro atoms. The molecule has 7 nitrogen and oxygen atoms in total. The number of ether oxygens (including phenoxy) is 2. The molecule has 0 bridgehead atoms. The maximum Gasteiger partial charge on any atom is 0.318 e. The molecule has 0 aromatic carbocycles. The van der Waals surface area contributed by atoms with E-state index >= 15 is 0 Å². The van der Waals surface area contributed by atoms with Gasteiger partial charge in [-0.2, -0.15) is 4.99 Å². The van der Waals surface area contributed by atoms with Crippen LogP contribution in [0, 0.1) is 0 Å². The number of aliphatic imine (C=N–C) groups is 1. The lowest BCUT2D eigenvalue weighted by Crippen LogP contribution is -2.51. The fourth-order valence-electron chi connectivity index (χ4n) is 1.79. The van der Waals surface area contributed by atoms with Gasteiger partial charge in [0.1, 0.15) is 6.67 Å². The standard InChI is InChI=1S/C10H17N3O4/c1-16-10(17-2)3-5-13(6-4-10)9(15)12-7-11-8-14/h3-7H2,1-2H3,(H,12,15). The first-order chi connectivity index (χ1) is 8.17. The number of amides is 2. The maximum atomic E-state index is 11.6. The van der Waals surface area contributed by atoms with Crippen LogP contribution in [-0.2, 0) is 14.3 Å². The van der Waals surface area contributed by atoms with E-state index in [4.69, 9.17) is 9.47 Å². The van der Waals surface area contributed by atoms with Gasteiger partial charge in [-0.3, -0.25) is 0 Å². The largest absolute Gasteiger partial charge is 0.353 e. The Morgan fingerprint density at radius 2 is 2.00 bits per heavy atom. The van der Waals surface area contributed by atoms with Crippen molar-refractivity contribution in [2.24, 2.45) is 4.99 Å². The van der Waals surface area contributed by atoms with Crippen molar-refractivity contribution >= 4 is 12.1 Å². The Morgan fingerprint density at radius 1 is 1.41 bits per heavy atom. The molecule has 0 radical (unpaired) electrons. The van der Waals surface area contributed by atoms with Crippen LogP contribution in [0.5, 0.6) is 0 Å². The first-order valence-corrected chi connectivity index (χ1v) is 5.34. The Balaban J connectivity index is 2.40. The lowest BCUT2D eigenvalue weighted by Gasteiger charge is -2.39. The number of urea groups is 1. The zero-order valence-corrected chi connectivity index (χ0v) is 10.1. The summed E-state index contributed by atoms with van der Waals surface area (Å²) in [5.41, 5.74) is 0. The summed E-state index contributed by atoms with van der Waals surface area (Å²) in [6.07, 6.45) is 2.59. The molecule has 0 aliphatic carbocycles. The van der Waals surface area contributed by atoms with Crippen molar-refractivity contribution in [3.05, 3.63) is 0 Å². The Hall–Kier alpha value is -1.43. The molecule has 0 atom stereocenters. The van der Waals surface area contributed by atoms with E-state index in [9.17, 15) is 9.59 Å². The van der Waals surface area contributed by atoms with Gasteiger partial charge in [0.25, 0.3) is 0 Å². The van der Waals surface area contributed by atoms with Crippen molar-refractivity contribution in [1.29, 1.82) is 0 Å². The number of carbonyl (C=O) groups is 1. The predicted octanol–water partition coefficient (Wildman–Crippen LogP) is 0.0742. The number of methoxy groups -OCH3 is 2. The topological polar surface area (TPSA) is 80.2 Å². The summed E-state index contributed by atoms with van der Waals surface area (Å²) in [5.74, 6) is -0.586. The quantitative estimate of drug-likeness (QED) is 0.430. The molecule has 1 heterocycles. The summed E-state index contributed by atoms with van der Waals surface area (Å²) in [7, 11) is 3.19. The van der Waals surface area contributed by atoms with Gasteiger partial charge in [-0.15, -0.1) is 0 Å². The molecule has 0 unspecified atom stereocenters. The van der Waals surface area contributed by atoms with E-state index in [2.05, 4.69) is 10.3 Å². The van der Waals surface area contributed by atoms with E-state index in [1.54, 1.807) is 19.1 Å². The van der Waals surface area contributed by atoms with Gasteiger partial charge in [-0.25, -0.2) is 9.59 Å². The molecule has 0 aromatic rings. The second-order valence-electron chi connectivity index (χ2n) is 3.70. The minimum atomic E-state index is -0.586. The van der Waals surface area contributed by atoms with E-state index in [0.717, 1.165) is 0 Å². The van der Waals surface area contributed by atoms with Gasteiger partial charge in [0.05, 0.1) is 0 Å². The molecule has 0 saturated carbocycles. The number of nitrogens with zero attached hydrogens (tertiary/aromatic N) is 2. The highest BCUT2D eigenvalue weighted by atomic mass is 16.7. The number of isocyanates is 1. The highest BCUT2D eigenvalue weighted by Gasteiger charge is 2.35. The molecule has 1 saturated heterocycles. The van der Waals surface area contributed by atoms with Crippen molar-refractivity contribution in [1.82, 2.24) is 10.2 Å². The molecule has 0 aromatic heterocycles. The number of likely N-dealkylation sites (tertiary alicyclic amines) is 1. The normalized spacial score (nSPS) is 18.4. The summed E-state index contributed by atoms with van der Waals surface area (Å²) >= 11 is 0. The zero-order chi connectivity index (χ0) is 12.7. The molecule has 1 fully saturated rings. The van der Waals surface area contributed by atoms with Gasteiger partial charge in [0, 0.05) is 40.2 Å². The van der Waals surface area contributed by atoms with Crippen LogP contribution in [0.3, 0.4) is 0 Å². The van der Waals surface area contributed by atoms with Gasteiger partial charge in [-0.1, -0.05) is 0 Å². The van der Waals surface area contributed by atoms with E-state index in [1.807, 2.05) is 0 Å². The SMILES string of the molecule is COC1(OC)CCN(C(=O)NCN=C=O)CC1. The maximum absolute atomic E-state index is 11.6. The molecular weight excluding hydrogens is 226 g/mol. The van der Waals surface area contributed by atoms with E-state index in [-0.39, 0.29) is 12.7 Å². The Labute approximate surface area is 99.8 Å². The third-order valence-electron chi connectivity index (χ3n) is 2.93. The number of carbonyl (C=O) groups excluding carboxylic acids is 2. The third-order valence-corrected chi connectivity index (χ3v) is 2.93. The minimum Gasteiger partial charge on any atom is -0.353 e. The first-order valence-electron chi connectivity index (χ1n) is 5.34. The Morgan fingerprint density at radius 3 is 2.47 bits per heavy atom. The van der Waals surface area contributed by atoms with Crippen LogP contribution in [0.1, 0.15) is 12.8 Å². The van der Waals surface area contributed by atoms with Gasteiger partial charge in [-0.05, 0) is 0 Å². The van der Waals surface area contributed by atoms with Gasteiger partial charge in [0.2, 0.25) is 6.08 Å². The van der Waals surface area contributed by atoms with Crippen molar-refractivity contribution in [2.45, 2.75) is 18.6 Å². The molecule has 1 aliphatic heterocycles. The third kappa shape index (κ3) is 3.52. The highest BCUT2D eigenvalue weighted by Crippen LogP contribution is 2.26. The molecule has 1 aliphatic rings. The Bertz CT molecular complexity index is 301. The minimum absolute atomic E-state index is 0.0431. The van der Waals surface area contributed by atoms with Crippen LogP contribution in [0.25, 0.3) is 0 Å². The molecule has 2 amide bonds. The van der Waals surface area contributed by atoms with Gasteiger partial charge < -0.3 is 19.7 Å². The molecule has 1 rings (SSSR count). The van der Waals surface area contributed by atoms with E-state index in [0.29, 0.717) is 25.9 Å². The number of hydrogen-bond acceptors (Lipinski definition) is 5. The Kier molecular flexibility index (Phi) is 5.09. The highest BCUT2D eigenvalue weighted by molar-refractivity contribution is 5.74. The average Bonchev–Trinajstić information content (AvgIpc) is 2.39. The van der Waals surface area contributed by atoms with Crippen LogP contribution >= 0.6 is 0 Å². The lowest BCUT2D eigenvalue weighted by molar-refractivity contribution is -0.226. The molecule has 96 valence electrons. The number of nitrogens with one attached hydrogen (secondary N) is 1. The fraction of sp³-hybridized carbons (Fsp3) is 0.800.